The lowest BCUT2D eigenvalue weighted by Crippen LogP contribution is -1.99. The predicted octanol–water partition coefficient (Wildman–Crippen LogP) is 4.36. The zero-order chi connectivity index (χ0) is 12.2. The summed E-state index contributed by atoms with van der Waals surface area (Å²) in [7, 11) is 0. The van der Waals surface area contributed by atoms with Gasteiger partial charge in [0.25, 0.3) is 0 Å². The molecule has 1 rings (SSSR count). The van der Waals surface area contributed by atoms with Gasteiger partial charge in [-0.1, -0.05) is 0 Å². The molecule has 0 radical (unpaired) electrons. The van der Waals surface area contributed by atoms with Crippen LogP contribution in [0, 0.1) is 14.9 Å². The van der Waals surface area contributed by atoms with Gasteiger partial charge in [-0.05, 0) is 64.5 Å². The van der Waals surface area contributed by atoms with Crippen LogP contribution in [-0.4, -0.2) is 5.51 Å². The van der Waals surface area contributed by atoms with Crippen molar-refractivity contribution in [3.63, 3.8) is 0 Å². The predicted molar refractivity (Wildman–Crippen MR) is 65.0 cm³/mol. The Bertz CT molecular complexity index is 412. The molecule has 0 N–H and O–H groups in total. The summed E-state index contributed by atoms with van der Waals surface area (Å²) in [5.41, 5.74) is -3.50. The van der Waals surface area contributed by atoms with Crippen molar-refractivity contribution in [3.8, 4) is 6.07 Å². The maximum Gasteiger partial charge on any atom is 0.446 e. The van der Waals surface area contributed by atoms with Gasteiger partial charge in [0.2, 0.25) is 0 Å². The first-order valence-corrected chi connectivity index (χ1v) is 6.22. The van der Waals surface area contributed by atoms with Gasteiger partial charge < -0.3 is 0 Å². The molecule has 0 amide bonds. The van der Waals surface area contributed by atoms with Gasteiger partial charge in [-0.3, -0.25) is 0 Å². The van der Waals surface area contributed by atoms with E-state index >= 15 is 0 Å². The third kappa shape index (κ3) is 5.07. The Kier molecular flexibility index (Phi) is 4.92. The van der Waals surface area contributed by atoms with Gasteiger partial charge in [-0.15, -0.1) is 0 Å². The average Bonchev–Trinajstić information content (AvgIpc) is 2.10. The molecule has 1 nitrogen and oxygen atoms in total. The normalized spacial score (nSPS) is 11.2. The molecule has 0 aliphatic heterocycles. The number of hydrogen-bond donors (Lipinski definition) is 0. The molecule has 6 heteroatoms. The van der Waals surface area contributed by atoms with E-state index in [9.17, 15) is 13.2 Å². The molecule has 0 aliphatic rings. The molecule has 86 valence electrons. The quantitative estimate of drug-likeness (QED) is 0.593. The monoisotopic (exact) mass is 357 g/mol. The van der Waals surface area contributed by atoms with Crippen LogP contribution >= 0.6 is 34.4 Å². The number of aryl methyl sites for hydroxylation is 1. The number of halogens is 4. The third-order valence-electron chi connectivity index (χ3n) is 1.69. The molecule has 0 unspecified atom stereocenters. The smallest absolute Gasteiger partial charge is 0.198 e. The van der Waals surface area contributed by atoms with E-state index in [0.29, 0.717) is 12.8 Å². The summed E-state index contributed by atoms with van der Waals surface area (Å²) in [5, 5.41) is 8.42. The average molecular weight is 357 g/mol. The van der Waals surface area contributed by atoms with Crippen molar-refractivity contribution in [2.24, 2.45) is 0 Å². The Morgan fingerprint density at radius 2 is 2.00 bits per heavy atom. The molecule has 0 fully saturated rings. The van der Waals surface area contributed by atoms with E-state index in [1.807, 2.05) is 28.7 Å². The third-order valence-corrected chi connectivity index (χ3v) is 3.02. The maximum absolute atomic E-state index is 12.2. The summed E-state index contributed by atoms with van der Waals surface area (Å²) in [6.07, 6.45) is 0.801. The molecule has 0 aromatic heterocycles. The highest BCUT2D eigenvalue weighted by Crippen LogP contribution is 2.37. The summed E-state index contributed by atoms with van der Waals surface area (Å²) in [5.74, 6) is 0. The van der Waals surface area contributed by atoms with Gasteiger partial charge in [-0.25, -0.2) is 0 Å². The first-order valence-electron chi connectivity index (χ1n) is 4.33. The van der Waals surface area contributed by atoms with Crippen LogP contribution in [0.2, 0.25) is 0 Å². The minimum atomic E-state index is -4.27. The number of thioether (sulfide) groups is 1. The molecule has 0 spiro atoms. The minimum Gasteiger partial charge on any atom is -0.198 e. The number of nitrogens with zero attached hydrogens (tertiary/aromatic N) is 1. The zero-order valence-corrected chi connectivity index (χ0v) is 11.0. The lowest BCUT2D eigenvalue weighted by Gasteiger charge is -2.08. The van der Waals surface area contributed by atoms with Gasteiger partial charge in [0.1, 0.15) is 0 Å². The Labute approximate surface area is 109 Å². The number of rotatable bonds is 3. The zero-order valence-electron chi connectivity index (χ0n) is 8.01. The standard InChI is InChI=1S/C10H7F3INS/c11-10(12,13)16-9-5-7(2-1-3-15)4-8(14)6-9/h4-6H,1-2H2. The second-order valence-electron chi connectivity index (χ2n) is 3.00. The summed E-state index contributed by atoms with van der Waals surface area (Å²) in [4.78, 5) is 0.173. The highest BCUT2D eigenvalue weighted by Gasteiger charge is 2.29. The van der Waals surface area contributed by atoms with E-state index in [0.717, 1.165) is 9.13 Å². The fraction of sp³-hybridized carbons (Fsp3) is 0.300. The molecule has 0 saturated carbocycles. The first kappa shape index (κ1) is 13.6. The fourth-order valence-electron chi connectivity index (χ4n) is 1.16. The number of nitriles is 1. The Hall–Kier alpha value is -0.420. The summed E-state index contributed by atoms with van der Waals surface area (Å²) in [6.45, 7) is 0. The maximum atomic E-state index is 12.2. The van der Waals surface area contributed by atoms with Gasteiger partial charge in [0.05, 0.1) is 6.07 Å². The molecule has 0 heterocycles. The molecule has 1 aromatic carbocycles. The van der Waals surface area contributed by atoms with Crippen LogP contribution in [0.5, 0.6) is 0 Å². The molecular weight excluding hydrogens is 350 g/mol. The topological polar surface area (TPSA) is 23.8 Å². The van der Waals surface area contributed by atoms with E-state index in [1.165, 1.54) is 12.1 Å². The second-order valence-corrected chi connectivity index (χ2v) is 5.39. The van der Waals surface area contributed by atoms with Crippen LogP contribution < -0.4 is 0 Å². The van der Waals surface area contributed by atoms with Crippen LogP contribution in [0.4, 0.5) is 13.2 Å². The van der Waals surface area contributed by atoms with Crippen molar-refractivity contribution in [2.45, 2.75) is 23.2 Å². The molecule has 0 bridgehead atoms. The Morgan fingerprint density at radius 1 is 1.31 bits per heavy atom. The van der Waals surface area contributed by atoms with Crippen molar-refractivity contribution in [2.75, 3.05) is 0 Å². The first-order chi connectivity index (χ1) is 7.40. The molecule has 16 heavy (non-hydrogen) atoms. The van der Waals surface area contributed by atoms with E-state index in [-0.39, 0.29) is 16.7 Å². The molecule has 0 aliphatic carbocycles. The van der Waals surface area contributed by atoms with Gasteiger partial charge >= 0.3 is 5.51 Å². The number of hydrogen-bond acceptors (Lipinski definition) is 2. The van der Waals surface area contributed by atoms with E-state index in [1.54, 1.807) is 6.07 Å². The highest BCUT2D eigenvalue weighted by atomic mass is 127. The Morgan fingerprint density at radius 3 is 2.56 bits per heavy atom. The van der Waals surface area contributed by atoms with Crippen LogP contribution in [0.25, 0.3) is 0 Å². The molecule has 1 aromatic rings. The van der Waals surface area contributed by atoms with Crippen LogP contribution in [-0.2, 0) is 6.42 Å². The minimum absolute atomic E-state index is 0.125. The molecular formula is C10H7F3INS. The van der Waals surface area contributed by atoms with Crippen molar-refractivity contribution in [1.29, 1.82) is 5.26 Å². The largest absolute Gasteiger partial charge is 0.446 e. The summed E-state index contributed by atoms with van der Waals surface area (Å²) in [6, 6.07) is 6.73. The highest BCUT2D eigenvalue weighted by molar-refractivity contribution is 14.1. The fourth-order valence-corrected chi connectivity index (χ4v) is 2.77. The molecule has 0 saturated heterocycles. The van der Waals surface area contributed by atoms with Crippen LogP contribution in [0.3, 0.4) is 0 Å². The van der Waals surface area contributed by atoms with E-state index in [2.05, 4.69) is 0 Å². The van der Waals surface area contributed by atoms with Crippen LogP contribution in [0.1, 0.15) is 12.0 Å². The SMILES string of the molecule is N#CCCc1cc(I)cc(SC(F)(F)F)c1. The second kappa shape index (κ2) is 5.77. The summed E-state index contributed by atoms with van der Waals surface area (Å²) >= 11 is 1.85. The van der Waals surface area contributed by atoms with Gasteiger partial charge in [0, 0.05) is 14.9 Å². The van der Waals surface area contributed by atoms with Gasteiger partial charge in [-0.2, -0.15) is 18.4 Å². The van der Waals surface area contributed by atoms with Gasteiger partial charge in [0.15, 0.2) is 0 Å². The Balaban J connectivity index is 2.86. The summed E-state index contributed by atoms with van der Waals surface area (Å²) < 4.78 is 37.2. The van der Waals surface area contributed by atoms with Crippen molar-refractivity contribution < 1.29 is 13.2 Å². The van der Waals surface area contributed by atoms with Crippen LogP contribution in [0.15, 0.2) is 23.1 Å². The lowest BCUT2D eigenvalue weighted by molar-refractivity contribution is -0.0328. The molecule has 0 atom stereocenters. The number of benzene rings is 1. The van der Waals surface area contributed by atoms with Crippen molar-refractivity contribution in [1.82, 2.24) is 0 Å². The van der Waals surface area contributed by atoms with Crippen molar-refractivity contribution >= 4 is 34.4 Å². The number of alkyl halides is 3. The van der Waals surface area contributed by atoms with E-state index in [4.69, 9.17) is 5.26 Å². The lowest BCUT2D eigenvalue weighted by atomic mass is 10.1. The van der Waals surface area contributed by atoms with E-state index < -0.39 is 5.51 Å². The van der Waals surface area contributed by atoms with Crippen molar-refractivity contribution in [3.05, 3.63) is 27.3 Å².